The van der Waals surface area contributed by atoms with Gasteiger partial charge in [0, 0.05) is 71.9 Å². The Morgan fingerprint density at radius 3 is 2.56 bits per heavy atom. The number of aromatic nitrogens is 4. The van der Waals surface area contributed by atoms with Gasteiger partial charge in [0.05, 0.1) is 36.3 Å². The average Bonchev–Trinajstić information content (AvgIpc) is 3.50. The number of alkyl halides is 3. The number of nitrogens with zero attached hydrogens (tertiary/aromatic N) is 8. The molecule has 1 atom stereocenters. The van der Waals surface area contributed by atoms with Crippen LogP contribution in [0.1, 0.15) is 57.7 Å². The number of hydrogen-bond acceptors (Lipinski definition) is 8. The number of pyridine rings is 1. The van der Waals surface area contributed by atoms with Gasteiger partial charge in [-0.1, -0.05) is 19.1 Å². The lowest BCUT2D eigenvalue weighted by Gasteiger charge is -2.34. The minimum absolute atomic E-state index is 0.0389. The molecule has 254 valence electrons. The summed E-state index contributed by atoms with van der Waals surface area (Å²) in [6.07, 6.45) is 0.745. The molecule has 11 nitrogen and oxygen atoms in total. The van der Waals surface area contributed by atoms with Gasteiger partial charge < -0.3 is 19.4 Å². The lowest BCUT2D eigenvalue weighted by molar-refractivity contribution is -0.139. The van der Waals surface area contributed by atoms with Crippen molar-refractivity contribution in [2.45, 2.75) is 44.9 Å². The third-order valence-corrected chi connectivity index (χ3v) is 9.01. The van der Waals surface area contributed by atoms with Crippen LogP contribution in [0.5, 0.6) is 11.5 Å². The number of amides is 2. The van der Waals surface area contributed by atoms with E-state index >= 15 is 0 Å². The number of carbonyl (C=O) groups is 2. The van der Waals surface area contributed by atoms with Crippen LogP contribution in [0, 0.1) is 0 Å². The van der Waals surface area contributed by atoms with Gasteiger partial charge in [-0.05, 0) is 42.3 Å². The van der Waals surface area contributed by atoms with E-state index in [0.717, 1.165) is 36.8 Å². The van der Waals surface area contributed by atoms with E-state index in [2.05, 4.69) is 20.0 Å². The van der Waals surface area contributed by atoms with E-state index < -0.39 is 11.7 Å². The van der Waals surface area contributed by atoms with E-state index in [1.807, 2.05) is 24.9 Å². The van der Waals surface area contributed by atoms with Crippen LogP contribution in [0.15, 0.2) is 48.9 Å². The molecular formula is C34H39F3N8O3. The van der Waals surface area contributed by atoms with Gasteiger partial charge in [0.15, 0.2) is 11.4 Å². The molecule has 5 heterocycles. The molecule has 0 spiro atoms. The van der Waals surface area contributed by atoms with Crippen molar-refractivity contribution >= 4 is 17.5 Å². The number of halogens is 3. The number of piperazine rings is 1. The Morgan fingerprint density at radius 1 is 1.08 bits per heavy atom. The second-order valence-corrected chi connectivity index (χ2v) is 12.7. The minimum Gasteiger partial charge on any atom is -0.452 e. The zero-order valence-electron chi connectivity index (χ0n) is 27.5. The van der Waals surface area contributed by atoms with Crippen molar-refractivity contribution in [3.05, 3.63) is 82.6 Å². The number of imidazole rings is 1. The summed E-state index contributed by atoms with van der Waals surface area (Å²) in [6.45, 7) is 5.95. The largest absolute Gasteiger partial charge is 0.452 e. The van der Waals surface area contributed by atoms with E-state index in [9.17, 15) is 22.8 Å². The van der Waals surface area contributed by atoms with E-state index in [1.165, 1.54) is 27.9 Å². The van der Waals surface area contributed by atoms with Crippen LogP contribution in [0.4, 0.5) is 13.2 Å². The summed E-state index contributed by atoms with van der Waals surface area (Å²) in [7, 11) is 5.28. The van der Waals surface area contributed by atoms with Crippen molar-refractivity contribution in [2.75, 3.05) is 53.9 Å². The molecule has 14 heteroatoms. The molecule has 0 saturated carbocycles. The summed E-state index contributed by atoms with van der Waals surface area (Å²) in [5.74, 6) is 0.227. The molecule has 6 rings (SSSR count). The fourth-order valence-corrected chi connectivity index (χ4v) is 6.27. The lowest BCUT2D eigenvalue weighted by atomic mass is 9.92. The summed E-state index contributed by atoms with van der Waals surface area (Å²) in [6, 6.07) is 7.76. The SMILES string of the molecule is CC[C@@H]1CN(C(=O)Cc2ccc(CN3CCN(C)CC3)c(C(F)(F)F)c2)Cc2cc(Oc3ccnn4cc(C(=O)N(C)C)nc34)cnc21. The van der Waals surface area contributed by atoms with E-state index in [0.29, 0.717) is 42.3 Å². The van der Waals surface area contributed by atoms with Gasteiger partial charge in [-0.15, -0.1) is 0 Å². The van der Waals surface area contributed by atoms with E-state index in [-0.39, 0.29) is 48.5 Å². The van der Waals surface area contributed by atoms with Crippen LogP contribution in [0.2, 0.25) is 0 Å². The third kappa shape index (κ3) is 7.14. The Kier molecular flexibility index (Phi) is 9.39. The lowest BCUT2D eigenvalue weighted by Crippen LogP contribution is -2.44. The molecule has 4 aromatic rings. The fourth-order valence-electron chi connectivity index (χ4n) is 6.27. The first-order valence-corrected chi connectivity index (χ1v) is 16.0. The van der Waals surface area contributed by atoms with Crippen molar-refractivity contribution < 1.29 is 27.5 Å². The predicted molar refractivity (Wildman–Crippen MR) is 172 cm³/mol. The Hall–Kier alpha value is -4.56. The van der Waals surface area contributed by atoms with Crippen LogP contribution in [0.25, 0.3) is 5.65 Å². The van der Waals surface area contributed by atoms with Gasteiger partial charge in [-0.25, -0.2) is 9.50 Å². The molecule has 1 saturated heterocycles. The van der Waals surface area contributed by atoms with Crippen molar-refractivity contribution in [2.24, 2.45) is 0 Å². The highest BCUT2D eigenvalue weighted by Crippen LogP contribution is 2.35. The minimum atomic E-state index is -4.53. The first kappa shape index (κ1) is 33.3. The summed E-state index contributed by atoms with van der Waals surface area (Å²) in [5.41, 5.74) is 2.11. The topological polar surface area (TPSA) is 99.4 Å². The molecule has 0 aliphatic carbocycles. The summed E-state index contributed by atoms with van der Waals surface area (Å²) in [5, 5.41) is 4.23. The van der Waals surface area contributed by atoms with Crippen LogP contribution in [-0.4, -0.2) is 105 Å². The molecule has 3 aromatic heterocycles. The van der Waals surface area contributed by atoms with Gasteiger partial charge in [-0.3, -0.25) is 19.5 Å². The Bertz CT molecular complexity index is 1820. The highest BCUT2D eigenvalue weighted by atomic mass is 19.4. The maximum Gasteiger partial charge on any atom is 0.416 e. The van der Waals surface area contributed by atoms with Gasteiger partial charge in [0.1, 0.15) is 11.4 Å². The smallest absolute Gasteiger partial charge is 0.416 e. The Labute approximate surface area is 276 Å². The highest BCUT2D eigenvalue weighted by Gasteiger charge is 2.35. The van der Waals surface area contributed by atoms with Crippen LogP contribution >= 0.6 is 0 Å². The van der Waals surface area contributed by atoms with Crippen molar-refractivity contribution in [1.82, 2.24) is 39.2 Å². The van der Waals surface area contributed by atoms with Crippen LogP contribution in [0.3, 0.4) is 0 Å². The molecule has 0 bridgehead atoms. The quantitative estimate of drug-likeness (QED) is 0.272. The summed E-state index contributed by atoms with van der Waals surface area (Å²) < 4.78 is 50.2. The van der Waals surface area contributed by atoms with Crippen molar-refractivity contribution in [3.8, 4) is 11.5 Å². The number of fused-ring (bicyclic) bond motifs is 2. The Balaban J connectivity index is 1.19. The highest BCUT2D eigenvalue weighted by molar-refractivity contribution is 5.92. The van der Waals surface area contributed by atoms with Gasteiger partial charge >= 0.3 is 6.18 Å². The van der Waals surface area contributed by atoms with E-state index in [1.54, 1.807) is 37.3 Å². The molecule has 2 amide bonds. The molecule has 2 aliphatic rings. The number of carbonyl (C=O) groups excluding carboxylic acids is 2. The zero-order valence-corrected chi connectivity index (χ0v) is 27.5. The number of likely N-dealkylation sites (N-methyl/N-ethyl adjacent to an activating group) is 1. The standard InChI is InChI=1S/C34H39F3N8O3/c1-5-23-19-44(30(46)15-22-6-7-24(27(14-22)34(35,36)37)18-43-12-10-42(4)11-13-43)20-25-16-26(17-38-31(23)25)48-29-8-9-39-45-21-28(40-32(29)45)33(47)41(2)3/h6-9,14,16-17,21,23H,5,10-13,15,18-20H2,1-4H3/t23-/m1/s1. The number of rotatable bonds is 8. The molecule has 0 unspecified atom stereocenters. The second-order valence-electron chi connectivity index (χ2n) is 12.7. The van der Waals surface area contributed by atoms with E-state index in [4.69, 9.17) is 4.74 Å². The molecule has 0 radical (unpaired) electrons. The third-order valence-electron chi connectivity index (χ3n) is 9.01. The monoisotopic (exact) mass is 664 g/mol. The molecule has 48 heavy (non-hydrogen) atoms. The first-order valence-electron chi connectivity index (χ1n) is 16.0. The number of hydrogen-bond donors (Lipinski definition) is 0. The predicted octanol–water partition coefficient (Wildman–Crippen LogP) is 4.46. The normalized spacial score (nSPS) is 17.4. The number of benzene rings is 1. The van der Waals surface area contributed by atoms with Crippen LogP contribution < -0.4 is 4.74 Å². The molecule has 0 N–H and O–H groups in total. The average molecular weight is 665 g/mol. The molecule has 1 aromatic carbocycles. The fraction of sp³-hybridized carbons (Fsp3) is 0.441. The van der Waals surface area contributed by atoms with Gasteiger partial charge in [-0.2, -0.15) is 18.3 Å². The van der Waals surface area contributed by atoms with Gasteiger partial charge in [0.25, 0.3) is 5.91 Å². The molecule has 1 fully saturated rings. The first-order chi connectivity index (χ1) is 22.9. The van der Waals surface area contributed by atoms with Gasteiger partial charge in [0.2, 0.25) is 5.91 Å². The number of ether oxygens (including phenoxy) is 1. The van der Waals surface area contributed by atoms with Crippen LogP contribution in [-0.2, 0) is 30.5 Å². The second kappa shape index (κ2) is 13.5. The molecular weight excluding hydrogens is 625 g/mol. The Morgan fingerprint density at radius 2 is 1.85 bits per heavy atom. The molecule has 2 aliphatic heterocycles. The zero-order chi connectivity index (χ0) is 34.2. The maximum atomic E-state index is 14.2. The van der Waals surface area contributed by atoms with Crippen molar-refractivity contribution in [1.29, 1.82) is 0 Å². The summed E-state index contributed by atoms with van der Waals surface area (Å²) in [4.78, 5) is 42.4. The maximum absolute atomic E-state index is 14.2. The van der Waals surface area contributed by atoms with Crippen molar-refractivity contribution in [3.63, 3.8) is 0 Å². The summed E-state index contributed by atoms with van der Waals surface area (Å²) >= 11 is 0.